The molecule has 0 radical (unpaired) electrons. The number of hydrogen-bond acceptors (Lipinski definition) is 2. The number of rotatable bonds is 2. The second-order valence-corrected chi connectivity index (χ2v) is 4.90. The van der Waals surface area contributed by atoms with Crippen molar-refractivity contribution in [1.82, 2.24) is 0 Å². The van der Waals surface area contributed by atoms with Crippen LogP contribution < -0.4 is 5.32 Å². The minimum absolute atomic E-state index is 0.0259. The molecule has 2 rings (SSSR count). The van der Waals surface area contributed by atoms with Gasteiger partial charge in [0, 0.05) is 16.3 Å². The highest BCUT2D eigenvalue weighted by molar-refractivity contribution is 6.32. The lowest BCUT2D eigenvalue weighted by Crippen LogP contribution is -2.11. The number of aryl methyl sites for hydroxylation is 1. The van der Waals surface area contributed by atoms with E-state index in [0.717, 1.165) is 5.56 Å². The van der Waals surface area contributed by atoms with E-state index in [4.69, 9.17) is 23.2 Å². The van der Waals surface area contributed by atoms with E-state index in [1.165, 1.54) is 12.1 Å². The molecule has 2 aromatic carbocycles. The molecule has 0 aliphatic rings. The molecule has 0 aliphatic carbocycles. The minimum atomic E-state index is -0.262. The Morgan fingerprint density at radius 2 is 1.84 bits per heavy atom. The van der Waals surface area contributed by atoms with E-state index in [0.29, 0.717) is 16.3 Å². The maximum absolute atomic E-state index is 12.0. The Morgan fingerprint density at radius 1 is 1.11 bits per heavy atom. The molecule has 0 heterocycles. The number of anilines is 1. The van der Waals surface area contributed by atoms with E-state index >= 15 is 0 Å². The fourth-order valence-electron chi connectivity index (χ4n) is 1.57. The first-order valence-electron chi connectivity index (χ1n) is 5.53. The molecule has 98 valence electrons. The third kappa shape index (κ3) is 3.19. The number of nitrogens with one attached hydrogen (secondary N) is 1. The van der Waals surface area contributed by atoms with Crippen molar-refractivity contribution >= 4 is 34.8 Å². The van der Waals surface area contributed by atoms with Gasteiger partial charge in [-0.15, -0.1) is 0 Å². The van der Waals surface area contributed by atoms with E-state index in [9.17, 15) is 9.90 Å². The lowest BCUT2D eigenvalue weighted by atomic mass is 10.1. The summed E-state index contributed by atoms with van der Waals surface area (Å²) in [7, 11) is 0. The fourth-order valence-corrected chi connectivity index (χ4v) is 1.87. The summed E-state index contributed by atoms with van der Waals surface area (Å²) in [4.78, 5) is 12.0. The molecule has 2 aromatic rings. The quantitative estimate of drug-likeness (QED) is 0.813. The van der Waals surface area contributed by atoms with Crippen LogP contribution >= 0.6 is 23.2 Å². The average Bonchev–Trinajstić information content (AvgIpc) is 2.37. The van der Waals surface area contributed by atoms with Gasteiger partial charge < -0.3 is 10.4 Å². The predicted molar refractivity (Wildman–Crippen MR) is 77.3 cm³/mol. The van der Waals surface area contributed by atoms with Gasteiger partial charge in [-0.05, 0) is 48.9 Å². The fraction of sp³-hybridized carbons (Fsp3) is 0.0714. The third-order valence-corrected chi connectivity index (χ3v) is 3.35. The molecule has 0 aliphatic heterocycles. The van der Waals surface area contributed by atoms with Crippen LogP contribution in [0.4, 0.5) is 5.69 Å². The summed E-state index contributed by atoms with van der Waals surface area (Å²) < 4.78 is 0. The normalized spacial score (nSPS) is 10.3. The molecule has 0 aromatic heterocycles. The minimum Gasteiger partial charge on any atom is -0.506 e. The van der Waals surface area contributed by atoms with Crippen LogP contribution in [0.1, 0.15) is 15.9 Å². The van der Waals surface area contributed by atoms with Crippen LogP contribution in [0.2, 0.25) is 10.0 Å². The zero-order chi connectivity index (χ0) is 14.0. The van der Waals surface area contributed by atoms with E-state index in [1.807, 2.05) is 6.92 Å². The summed E-state index contributed by atoms with van der Waals surface area (Å²) in [5.41, 5.74) is 1.85. The van der Waals surface area contributed by atoms with Crippen LogP contribution in [0, 0.1) is 6.92 Å². The number of hydrogen-bond donors (Lipinski definition) is 2. The van der Waals surface area contributed by atoms with Crippen molar-refractivity contribution in [3.63, 3.8) is 0 Å². The number of phenols is 1. The molecule has 0 atom stereocenters. The van der Waals surface area contributed by atoms with Gasteiger partial charge in [0.25, 0.3) is 5.91 Å². The summed E-state index contributed by atoms with van der Waals surface area (Å²) in [6.07, 6.45) is 0. The molecular formula is C14H11Cl2NO2. The molecule has 0 fully saturated rings. The third-order valence-electron chi connectivity index (χ3n) is 2.63. The van der Waals surface area contributed by atoms with Crippen LogP contribution in [0.25, 0.3) is 0 Å². The summed E-state index contributed by atoms with van der Waals surface area (Å²) in [5, 5.41) is 12.8. The van der Waals surface area contributed by atoms with Gasteiger partial charge in [-0.2, -0.15) is 0 Å². The molecular weight excluding hydrogens is 285 g/mol. The maximum Gasteiger partial charge on any atom is 0.255 e. The first-order chi connectivity index (χ1) is 8.97. The van der Waals surface area contributed by atoms with Crippen molar-refractivity contribution in [2.75, 3.05) is 5.32 Å². The van der Waals surface area contributed by atoms with Crippen molar-refractivity contribution < 1.29 is 9.90 Å². The largest absolute Gasteiger partial charge is 0.506 e. The zero-order valence-electron chi connectivity index (χ0n) is 10.1. The van der Waals surface area contributed by atoms with Crippen LogP contribution in [0.3, 0.4) is 0 Å². The van der Waals surface area contributed by atoms with Gasteiger partial charge in [0.2, 0.25) is 0 Å². The molecule has 2 N–H and O–H groups in total. The Balaban J connectivity index is 2.20. The molecule has 0 bridgehead atoms. The lowest BCUT2D eigenvalue weighted by molar-refractivity contribution is 0.102. The summed E-state index contributed by atoms with van der Waals surface area (Å²) in [5.74, 6) is -0.288. The molecule has 1 amide bonds. The van der Waals surface area contributed by atoms with Gasteiger partial charge in [-0.3, -0.25) is 4.79 Å². The molecule has 0 unspecified atom stereocenters. The zero-order valence-corrected chi connectivity index (χ0v) is 11.6. The summed E-state index contributed by atoms with van der Waals surface area (Å²) in [6, 6.07) is 9.51. The smallest absolute Gasteiger partial charge is 0.255 e. The number of halogens is 2. The monoisotopic (exact) mass is 295 g/mol. The van der Waals surface area contributed by atoms with Gasteiger partial charge in [0.05, 0.1) is 5.02 Å². The summed E-state index contributed by atoms with van der Waals surface area (Å²) >= 11 is 11.7. The SMILES string of the molecule is Cc1cc(C(=O)Nc2ccc(O)c(Cl)c2)ccc1Cl. The van der Waals surface area contributed by atoms with Crippen LogP contribution in [0.5, 0.6) is 5.75 Å². The van der Waals surface area contributed by atoms with Crippen molar-refractivity contribution in [3.8, 4) is 5.75 Å². The second kappa shape index (κ2) is 5.51. The topological polar surface area (TPSA) is 49.3 Å². The van der Waals surface area contributed by atoms with Gasteiger partial charge in [-0.1, -0.05) is 23.2 Å². The average molecular weight is 296 g/mol. The van der Waals surface area contributed by atoms with Gasteiger partial charge in [0.1, 0.15) is 5.75 Å². The Labute approximate surface area is 120 Å². The number of aromatic hydroxyl groups is 1. The predicted octanol–water partition coefficient (Wildman–Crippen LogP) is 4.26. The standard InChI is InChI=1S/C14H11Cl2NO2/c1-8-6-9(2-4-11(8)15)14(19)17-10-3-5-13(18)12(16)7-10/h2-7,18H,1H3,(H,17,19). The van der Waals surface area contributed by atoms with Crippen LogP contribution in [-0.4, -0.2) is 11.0 Å². The number of benzene rings is 2. The number of phenolic OH excluding ortho intramolecular Hbond substituents is 1. The van der Waals surface area contributed by atoms with Crippen molar-refractivity contribution in [2.24, 2.45) is 0 Å². The lowest BCUT2D eigenvalue weighted by Gasteiger charge is -2.07. The van der Waals surface area contributed by atoms with Gasteiger partial charge >= 0.3 is 0 Å². The first kappa shape index (κ1) is 13.7. The Bertz CT molecular complexity index is 641. The van der Waals surface area contributed by atoms with Crippen molar-refractivity contribution in [2.45, 2.75) is 6.92 Å². The van der Waals surface area contributed by atoms with Crippen LogP contribution in [-0.2, 0) is 0 Å². The van der Waals surface area contributed by atoms with Crippen LogP contribution in [0.15, 0.2) is 36.4 Å². The highest BCUT2D eigenvalue weighted by Crippen LogP contribution is 2.26. The molecule has 0 saturated heterocycles. The maximum atomic E-state index is 12.0. The van der Waals surface area contributed by atoms with Gasteiger partial charge in [0.15, 0.2) is 0 Å². The number of carbonyl (C=O) groups excluding carboxylic acids is 1. The van der Waals surface area contributed by atoms with Gasteiger partial charge in [-0.25, -0.2) is 0 Å². The molecule has 0 spiro atoms. The Morgan fingerprint density at radius 3 is 2.47 bits per heavy atom. The summed E-state index contributed by atoms with van der Waals surface area (Å²) in [6.45, 7) is 1.83. The molecule has 5 heteroatoms. The molecule has 19 heavy (non-hydrogen) atoms. The molecule has 0 saturated carbocycles. The molecule has 3 nitrogen and oxygen atoms in total. The highest BCUT2D eigenvalue weighted by Gasteiger charge is 2.08. The Hall–Kier alpha value is -1.71. The number of amides is 1. The van der Waals surface area contributed by atoms with E-state index < -0.39 is 0 Å². The second-order valence-electron chi connectivity index (χ2n) is 4.08. The van der Waals surface area contributed by atoms with E-state index in [2.05, 4.69) is 5.32 Å². The highest BCUT2D eigenvalue weighted by atomic mass is 35.5. The van der Waals surface area contributed by atoms with Crippen molar-refractivity contribution in [1.29, 1.82) is 0 Å². The first-order valence-corrected chi connectivity index (χ1v) is 6.29. The number of carbonyl (C=O) groups is 1. The van der Waals surface area contributed by atoms with E-state index in [1.54, 1.807) is 24.3 Å². The van der Waals surface area contributed by atoms with E-state index in [-0.39, 0.29) is 16.7 Å². The van der Waals surface area contributed by atoms with Crippen molar-refractivity contribution in [3.05, 3.63) is 57.6 Å². The Kier molecular flexibility index (Phi) is 3.98.